The first kappa shape index (κ1) is 16.5. The number of hydrogen-bond donors (Lipinski definition) is 1. The van der Waals surface area contributed by atoms with Gasteiger partial charge in [0.2, 0.25) is 5.91 Å². The number of amides is 1. The molecule has 0 aliphatic rings. The average Bonchev–Trinajstić information content (AvgIpc) is 2.56. The maximum absolute atomic E-state index is 12.7. The number of hydrogen-bond acceptors (Lipinski definition) is 4. The zero-order chi connectivity index (χ0) is 16.7. The van der Waals surface area contributed by atoms with Crippen molar-refractivity contribution in [2.75, 3.05) is 19.0 Å². The molecule has 2 aromatic rings. The van der Waals surface area contributed by atoms with E-state index < -0.39 is 5.97 Å². The third-order valence-corrected chi connectivity index (χ3v) is 2.98. The minimum Gasteiger partial charge on any atom is -0.493 e. The molecular weight excluding hydrogens is 301 g/mol. The van der Waals surface area contributed by atoms with Crippen LogP contribution in [0, 0.1) is 5.82 Å². The van der Waals surface area contributed by atoms with Crippen LogP contribution in [0.15, 0.2) is 48.5 Å². The summed E-state index contributed by atoms with van der Waals surface area (Å²) >= 11 is 0. The number of rotatable bonds is 6. The van der Waals surface area contributed by atoms with Crippen LogP contribution in [-0.2, 0) is 9.53 Å². The molecule has 0 saturated carbocycles. The largest absolute Gasteiger partial charge is 0.493 e. The molecule has 120 valence electrons. The van der Waals surface area contributed by atoms with E-state index in [2.05, 4.69) is 10.1 Å². The minimum absolute atomic E-state index is 0.125. The van der Waals surface area contributed by atoms with Crippen molar-refractivity contribution in [3.8, 4) is 5.75 Å². The fourth-order valence-corrected chi connectivity index (χ4v) is 1.86. The van der Waals surface area contributed by atoms with E-state index in [1.807, 2.05) is 0 Å². The SMILES string of the molecule is COC(=O)c1cccc(NC(=O)CCOc2ccc(F)cc2)c1. The summed E-state index contributed by atoms with van der Waals surface area (Å²) in [4.78, 5) is 23.3. The second kappa shape index (κ2) is 7.93. The molecule has 0 aliphatic carbocycles. The molecule has 1 amide bonds. The Kier molecular flexibility index (Phi) is 5.68. The summed E-state index contributed by atoms with van der Waals surface area (Å²) in [6.07, 6.45) is 0.125. The Morgan fingerprint density at radius 3 is 2.57 bits per heavy atom. The van der Waals surface area contributed by atoms with Crippen LogP contribution in [0.2, 0.25) is 0 Å². The predicted molar refractivity (Wildman–Crippen MR) is 82.9 cm³/mol. The van der Waals surface area contributed by atoms with Gasteiger partial charge in [-0.15, -0.1) is 0 Å². The fourth-order valence-electron chi connectivity index (χ4n) is 1.86. The molecule has 0 aromatic heterocycles. The van der Waals surface area contributed by atoms with Gasteiger partial charge < -0.3 is 14.8 Å². The maximum Gasteiger partial charge on any atom is 0.337 e. The van der Waals surface area contributed by atoms with E-state index in [0.717, 1.165) is 0 Å². The Labute approximate surface area is 133 Å². The average molecular weight is 317 g/mol. The smallest absolute Gasteiger partial charge is 0.337 e. The summed E-state index contributed by atoms with van der Waals surface area (Å²) in [5.41, 5.74) is 0.854. The van der Waals surface area contributed by atoms with Crippen molar-refractivity contribution in [3.63, 3.8) is 0 Å². The van der Waals surface area contributed by atoms with Crippen molar-refractivity contribution >= 4 is 17.6 Å². The molecule has 23 heavy (non-hydrogen) atoms. The molecule has 0 radical (unpaired) electrons. The normalized spacial score (nSPS) is 10.0. The van der Waals surface area contributed by atoms with Gasteiger partial charge in [0.1, 0.15) is 11.6 Å². The Hall–Kier alpha value is -2.89. The Morgan fingerprint density at radius 2 is 1.87 bits per heavy atom. The van der Waals surface area contributed by atoms with Crippen LogP contribution in [-0.4, -0.2) is 25.6 Å². The van der Waals surface area contributed by atoms with Crippen molar-refractivity contribution in [2.24, 2.45) is 0 Å². The van der Waals surface area contributed by atoms with Gasteiger partial charge in [-0.3, -0.25) is 4.79 Å². The molecule has 5 nitrogen and oxygen atoms in total. The van der Waals surface area contributed by atoms with Crippen LogP contribution in [0.3, 0.4) is 0 Å². The highest BCUT2D eigenvalue weighted by atomic mass is 19.1. The predicted octanol–water partition coefficient (Wildman–Crippen LogP) is 3.02. The molecule has 2 aromatic carbocycles. The molecule has 0 atom stereocenters. The van der Waals surface area contributed by atoms with Crippen LogP contribution < -0.4 is 10.1 Å². The van der Waals surface area contributed by atoms with Crippen LogP contribution in [0.5, 0.6) is 5.75 Å². The van der Waals surface area contributed by atoms with Gasteiger partial charge in [0.25, 0.3) is 0 Å². The summed E-state index contributed by atoms with van der Waals surface area (Å²) in [5, 5.41) is 2.67. The Balaban J connectivity index is 1.82. The molecule has 6 heteroatoms. The highest BCUT2D eigenvalue weighted by Gasteiger charge is 2.08. The summed E-state index contributed by atoms with van der Waals surface area (Å²) in [7, 11) is 1.29. The number of nitrogens with one attached hydrogen (secondary N) is 1. The molecule has 0 saturated heterocycles. The van der Waals surface area contributed by atoms with Crippen molar-refractivity contribution in [2.45, 2.75) is 6.42 Å². The van der Waals surface area contributed by atoms with E-state index in [4.69, 9.17) is 4.74 Å². The van der Waals surface area contributed by atoms with Crippen LogP contribution in [0.4, 0.5) is 10.1 Å². The Bertz CT molecular complexity index is 685. The molecule has 2 rings (SSSR count). The summed E-state index contributed by atoms with van der Waals surface area (Å²) in [6, 6.07) is 12.0. The Morgan fingerprint density at radius 1 is 1.13 bits per heavy atom. The lowest BCUT2D eigenvalue weighted by atomic mass is 10.2. The molecule has 0 unspecified atom stereocenters. The van der Waals surface area contributed by atoms with Crippen LogP contribution in [0.25, 0.3) is 0 Å². The first-order valence-corrected chi connectivity index (χ1v) is 6.95. The number of carbonyl (C=O) groups is 2. The van der Waals surface area contributed by atoms with Crippen LogP contribution in [0.1, 0.15) is 16.8 Å². The first-order valence-electron chi connectivity index (χ1n) is 6.95. The third kappa shape index (κ3) is 5.10. The monoisotopic (exact) mass is 317 g/mol. The lowest BCUT2D eigenvalue weighted by Crippen LogP contribution is -2.15. The second-order valence-electron chi connectivity index (χ2n) is 4.67. The quantitative estimate of drug-likeness (QED) is 0.832. The summed E-state index contributed by atoms with van der Waals surface area (Å²) < 4.78 is 22.7. The number of methoxy groups -OCH3 is 1. The van der Waals surface area contributed by atoms with Gasteiger partial charge in [0.15, 0.2) is 0 Å². The van der Waals surface area contributed by atoms with Crippen molar-refractivity contribution < 1.29 is 23.5 Å². The van der Waals surface area contributed by atoms with Crippen molar-refractivity contribution in [1.82, 2.24) is 0 Å². The first-order chi connectivity index (χ1) is 11.1. The van der Waals surface area contributed by atoms with Crippen LogP contribution >= 0.6 is 0 Å². The second-order valence-corrected chi connectivity index (χ2v) is 4.67. The highest BCUT2D eigenvalue weighted by Crippen LogP contribution is 2.13. The van der Waals surface area contributed by atoms with Gasteiger partial charge in [0.05, 0.1) is 25.7 Å². The molecule has 1 N–H and O–H groups in total. The number of anilines is 1. The summed E-state index contributed by atoms with van der Waals surface area (Å²) in [5.74, 6) is -0.581. The number of esters is 1. The molecule has 0 spiro atoms. The van der Waals surface area contributed by atoms with E-state index in [9.17, 15) is 14.0 Å². The molecule has 0 aliphatic heterocycles. The molecule has 0 fully saturated rings. The fraction of sp³-hybridized carbons (Fsp3) is 0.176. The van der Waals surface area contributed by atoms with E-state index in [1.54, 1.807) is 18.2 Å². The lowest BCUT2D eigenvalue weighted by Gasteiger charge is -2.08. The molecule has 0 heterocycles. The number of ether oxygens (including phenoxy) is 2. The van der Waals surface area contributed by atoms with E-state index in [0.29, 0.717) is 17.0 Å². The van der Waals surface area contributed by atoms with E-state index in [-0.39, 0.29) is 24.8 Å². The zero-order valence-electron chi connectivity index (χ0n) is 12.5. The topological polar surface area (TPSA) is 64.6 Å². The highest BCUT2D eigenvalue weighted by molar-refractivity contribution is 5.94. The van der Waals surface area contributed by atoms with Gasteiger partial charge in [-0.25, -0.2) is 9.18 Å². The van der Waals surface area contributed by atoms with Gasteiger partial charge in [-0.05, 0) is 42.5 Å². The van der Waals surface area contributed by atoms with Crippen molar-refractivity contribution in [1.29, 1.82) is 0 Å². The standard InChI is InChI=1S/C17H16FNO4/c1-22-17(21)12-3-2-4-14(11-12)19-16(20)9-10-23-15-7-5-13(18)6-8-15/h2-8,11H,9-10H2,1H3,(H,19,20). The van der Waals surface area contributed by atoms with Crippen molar-refractivity contribution in [3.05, 3.63) is 59.9 Å². The van der Waals surface area contributed by atoms with Gasteiger partial charge >= 0.3 is 5.97 Å². The van der Waals surface area contributed by atoms with Gasteiger partial charge in [-0.1, -0.05) is 6.07 Å². The lowest BCUT2D eigenvalue weighted by molar-refractivity contribution is -0.116. The number of carbonyl (C=O) groups excluding carboxylic acids is 2. The van der Waals surface area contributed by atoms with E-state index >= 15 is 0 Å². The van der Waals surface area contributed by atoms with E-state index in [1.165, 1.54) is 37.4 Å². The third-order valence-electron chi connectivity index (χ3n) is 2.98. The van der Waals surface area contributed by atoms with Gasteiger partial charge in [0, 0.05) is 5.69 Å². The zero-order valence-corrected chi connectivity index (χ0v) is 12.5. The number of halogens is 1. The maximum atomic E-state index is 12.7. The summed E-state index contributed by atoms with van der Waals surface area (Å²) in [6.45, 7) is 0.161. The minimum atomic E-state index is -0.472. The molecule has 0 bridgehead atoms. The number of benzene rings is 2. The molecular formula is C17H16FNO4. The van der Waals surface area contributed by atoms with Gasteiger partial charge in [-0.2, -0.15) is 0 Å².